The molecule has 160 valence electrons. The summed E-state index contributed by atoms with van der Waals surface area (Å²) in [6.07, 6.45) is 1.03. The van der Waals surface area contributed by atoms with Crippen LogP contribution in [-0.2, 0) is 14.9 Å². The highest BCUT2D eigenvalue weighted by Crippen LogP contribution is 2.37. The molecular formula is C22H27N3O5. The maximum absolute atomic E-state index is 13.3. The molecular weight excluding hydrogens is 386 g/mol. The second kappa shape index (κ2) is 9.69. The minimum Gasteiger partial charge on any atom is -0.492 e. The molecule has 1 fully saturated rings. The van der Waals surface area contributed by atoms with Crippen LogP contribution in [0.25, 0.3) is 0 Å². The standard InChI is InChI=1S/C22H27N3O5/c1-24(2)13-16-30-20-9-5-18(6-10-20)23-21(26)22(11-14-29-15-12-22)17-3-7-19(8-4-17)25(27)28/h3-10H,11-16H2,1-2H3,(H,23,26). The molecule has 2 aromatic rings. The lowest BCUT2D eigenvalue weighted by Crippen LogP contribution is -2.44. The second-order valence-corrected chi connectivity index (χ2v) is 7.63. The molecule has 0 aromatic heterocycles. The lowest BCUT2D eigenvalue weighted by Gasteiger charge is -2.36. The van der Waals surface area contributed by atoms with Gasteiger partial charge in [0.1, 0.15) is 12.4 Å². The van der Waals surface area contributed by atoms with Gasteiger partial charge >= 0.3 is 0 Å². The summed E-state index contributed by atoms with van der Waals surface area (Å²) in [5.74, 6) is 0.604. The Morgan fingerprint density at radius 1 is 1.13 bits per heavy atom. The van der Waals surface area contributed by atoms with Crippen LogP contribution >= 0.6 is 0 Å². The maximum Gasteiger partial charge on any atom is 0.269 e. The Hall–Kier alpha value is -2.97. The number of hydrogen-bond acceptors (Lipinski definition) is 6. The van der Waals surface area contributed by atoms with E-state index >= 15 is 0 Å². The van der Waals surface area contributed by atoms with Crippen molar-refractivity contribution in [2.75, 3.05) is 45.8 Å². The molecule has 0 saturated carbocycles. The number of nitrogens with zero attached hydrogens (tertiary/aromatic N) is 2. The molecule has 1 aliphatic heterocycles. The maximum atomic E-state index is 13.3. The zero-order valence-corrected chi connectivity index (χ0v) is 17.3. The molecule has 1 heterocycles. The van der Waals surface area contributed by atoms with Crippen molar-refractivity contribution in [3.8, 4) is 5.75 Å². The fourth-order valence-corrected chi connectivity index (χ4v) is 3.50. The number of hydrogen-bond donors (Lipinski definition) is 1. The van der Waals surface area contributed by atoms with Crippen molar-refractivity contribution in [1.82, 2.24) is 4.90 Å². The van der Waals surface area contributed by atoms with Gasteiger partial charge in [0.25, 0.3) is 5.69 Å². The number of carbonyl (C=O) groups is 1. The van der Waals surface area contributed by atoms with Gasteiger partial charge in [-0.05, 0) is 56.8 Å². The Morgan fingerprint density at radius 2 is 1.77 bits per heavy atom. The van der Waals surface area contributed by atoms with E-state index in [-0.39, 0.29) is 11.6 Å². The number of non-ortho nitro benzene ring substituents is 1. The first-order valence-corrected chi connectivity index (χ1v) is 9.92. The Labute approximate surface area is 175 Å². The molecule has 0 aliphatic carbocycles. The number of anilines is 1. The van der Waals surface area contributed by atoms with Crippen LogP contribution in [0.2, 0.25) is 0 Å². The van der Waals surface area contributed by atoms with Gasteiger partial charge in [0.15, 0.2) is 0 Å². The minimum absolute atomic E-state index is 0.00576. The third-order valence-corrected chi connectivity index (χ3v) is 5.33. The molecule has 0 atom stereocenters. The zero-order chi connectivity index (χ0) is 21.6. The van der Waals surface area contributed by atoms with Crippen molar-refractivity contribution in [3.63, 3.8) is 0 Å². The van der Waals surface area contributed by atoms with E-state index < -0.39 is 10.3 Å². The number of ether oxygens (including phenoxy) is 2. The summed E-state index contributed by atoms with van der Waals surface area (Å²) in [4.78, 5) is 25.9. The van der Waals surface area contributed by atoms with E-state index in [0.717, 1.165) is 17.9 Å². The van der Waals surface area contributed by atoms with Crippen LogP contribution in [0.3, 0.4) is 0 Å². The topological polar surface area (TPSA) is 93.9 Å². The van der Waals surface area contributed by atoms with Gasteiger partial charge in [-0.25, -0.2) is 0 Å². The summed E-state index contributed by atoms with van der Waals surface area (Å²) < 4.78 is 11.2. The fraction of sp³-hybridized carbons (Fsp3) is 0.409. The summed E-state index contributed by atoms with van der Waals surface area (Å²) in [5, 5.41) is 14.0. The molecule has 8 nitrogen and oxygen atoms in total. The fourth-order valence-electron chi connectivity index (χ4n) is 3.50. The summed E-state index contributed by atoms with van der Waals surface area (Å²) in [6.45, 7) is 2.33. The number of rotatable bonds is 8. The van der Waals surface area contributed by atoms with Crippen LogP contribution < -0.4 is 10.1 Å². The van der Waals surface area contributed by atoms with Gasteiger partial charge in [-0.3, -0.25) is 14.9 Å². The smallest absolute Gasteiger partial charge is 0.269 e. The lowest BCUT2D eigenvalue weighted by molar-refractivity contribution is -0.384. The van der Waals surface area contributed by atoms with Crippen LogP contribution in [0.5, 0.6) is 5.75 Å². The minimum atomic E-state index is -0.783. The summed E-state index contributed by atoms with van der Waals surface area (Å²) in [7, 11) is 3.97. The predicted molar refractivity (Wildman–Crippen MR) is 114 cm³/mol. The molecule has 0 radical (unpaired) electrons. The van der Waals surface area contributed by atoms with Crippen molar-refractivity contribution in [1.29, 1.82) is 0 Å². The molecule has 2 aromatic carbocycles. The number of nitro benzene ring substituents is 1. The number of amides is 1. The zero-order valence-electron chi connectivity index (χ0n) is 17.3. The number of benzene rings is 2. The molecule has 1 N–H and O–H groups in total. The average Bonchev–Trinajstić information content (AvgIpc) is 2.75. The van der Waals surface area contributed by atoms with Crippen molar-refractivity contribution in [2.45, 2.75) is 18.3 Å². The second-order valence-electron chi connectivity index (χ2n) is 7.63. The predicted octanol–water partition coefficient (Wildman–Crippen LogP) is 3.22. The molecule has 0 spiro atoms. The largest absolute Gasteiger partial charge is 0.492 e. The van der Waals surface area contributed by atoms with Crippen LogP contribution in [0.15, 0.2) is 48.5 Å². The van der Waals surface area contributed by atoms with Gasteiger partial charge in [0.05, 0.1) is 10.3 Å². The molecule has 0 bridgehead atoms. The van der Waals surface area contributed by atoms with Crippen molar-refractivity contribution in [2.24, 2.45) is 0 Å². The average molecular weight is 413 g/mol. The summed E-state index contributed by atoms with van der Waals surface area (Å²) in [5.41, 5.74) is 0.658. The first-order chi connectivity index (χ1) is 14.4. The van der Waals surface area contributed by atoms with E-state index in [2.05, 4.69) is 5.32 Å². The van der Waals surface area contributed by atoms with E-state index in [0.29, 0.717) is 38.3 Å². The molecule has 1 aliphatic rings. The monoisotopic (exact) mass is 413 g/mol. The van der Waals surface area contributed by atoms with Crippen molar-refractivity contribution >= 4 is 17.3 Å². The van der Waals surface area contributed by atoms with Gasteiger partial charge in [0.2, 0.25) is 5.91 Å². The van der Waals surface area contributed by atoms with Crippen molar-refractivity contribution < 1.29 is 19.2 Å². The molecule has 1 saturated heterocycles. The van der Waals surface area contributed by atoms with Gasteiger partial charge < -0.3 is 19.7 Å². The highest BCUT2D eigenvalue weighted by molar-refractivity contribution is 5.99. The highest BCUT2D eigenvalue weighted by Gasteiger charge is 2.42. The molecule has 30 heavy (non-hydrogen) atoms. The van der Waals surface area contributed by atoms with E-state index in [1.54, 1.807) is 12.1 Å². The molecule has 1 amide bonds. The summed E-state index contributed by atoms with van der Waals surface area (Å²) in [6, 6.07) is 13.5. The Balaban J connectivity index is 1.73. The van der Waals surface area contributed by atoms with Gasteiger partial charge in [-0.1, -0.05) is 12.1 Å². The van der Waals surface area contributed by atoms with Crippen LogP contribution in [-0.4, -0.2) is 56.2 Å². The van der Waals surface area contributed by atoms with E-state index in [9.17, 15) is 14.9 Å². The van der Waals surface area contributed by atoms with Crippen LogP contribution in [0, 0.1) is 10.1 Å². The van der Waals surface area contributed by atoms with Gasteiger partial charge in [-0.15, -0.1) is 0 Å². The normalized spacial score (nSPS) is 15.6. The Bertz CT molecular complexity index is 859. The van der Waals surface area contributed by atoms with Gasteiger partial charge in [0, 0.05) is 37.6 Å². The number of nitrogens with one attached hydrogen (secondary N) is 1. The lowest BCUT2D eigenvalue weighted by atomic mass is 9.73. The number of carbonyl (C=O) groups excluding carboxylic acids is 1. The molecule has 3 rings (SSSR count). The van der Waals surface area contributed by atoms with Crippen LogP contribution in [0.1, 0.15) is 18.4 Å². The Morgan fingerprint density at radius 3 is 2.33 bits per heavy atom. The summed E-state index contributed by atoms with van der Waals surface area (Å²) >= 11 is 0. The third-order valence-electron chi connectivity index (χ3n) is 5.33. The van der Waals surface area contributed by atoms with Crippen LogP contribution in [0.4, 0.5) is 11.4 Å². The SMILES string of the molecule is CN(C)CCOc1ccc(NC(=O)C2(c3ccc([N+](=O)[O-])cc3)CCOCC2)cc1. The molecule has 0 unspecified atom stereocenters. The molecule has 8 heteroatoms. The van der Waals surface area contributed by atoms with E-state index in [1.165, 1.54) is 12.1 Å². The van der Waals surface area contributed by atoms with E-state index in [4.69, 9.17) is 9.47 Å². The number of nitro groups is 1. The third kappa shape index (κ3) is 5.14. The van der Waals surface area contributed by atoms with E-state index in [1.807, 2.05) is 43.3 Å². The Kier molecular flexibility index (Phi) is 7.02. The first-order valence-electron chi connectivity index (χ1n) is 9.92. The van der Waals surface area contributed by atoms with Gasteiger partial charge in [-0.2, -0.15) is 0 Å². The number of likely N-dealkylation sites (N-methyl/N-ethyl adjacent to an activating group) is 1. The quantitative estimate of drug-likeness (QED) is 0.528. The highest BCUT2D eigenvalue weighted by atomic mass is 16.6. The van der Waals surface area contributed by atoms with Crippen molar-refractivity contribution in [3.05, 3.63) is 64.2 Å². The first kappa shape index (κ1) is 21.7.